The molecule has 0 aliphatic carbocycles. The lowest BCUT2D eigenvalue weighted by atomic mass is 10.1. The molecule has 2 aromatic carbocycles. The van der Waals surface area contributed by atoms with Gasteiger partial charge in [0, 0.05) is 29.4 Å². The maximum Gasteiger partial charge on any atom is 0.151 e. The fourth-order valence-electron chi connectivity index (χ4n) is 2.75. The third-order valence-electron chi connectivity index (χ3n) is 4.14. The first-order valence-corrected chi connectivity index (χ1v) is 9.64. The number of allylic oxidation sites excluding steroid dienone is 1. The molecule has 6 heteroatoms. The minimum atomic E-state index is -0.250. The summed E-state index contributed by atoms with van der Waals surface area (Å²) < 4.78 is 19.0. The van der Waals surface area contributed by atoms with Crippen molar-refractivity contribution in [3.63, 3.8) is 0 Å². The summed E-state index contributed by atoms with van der Waals surface area (Å²) in [5.41, 5.74) is 8.66. The van der Waals surface area contributed by atoms with Crippen LogP contribution < -0.4 is 11.1 Å². The fraction of sp³-hybridized carbons (Fsp3) is 0.208. The van der Waals surface area contributed by atoms with Gasteiger partial charge in [0.25, 0.3) is 0 Å². The lowest BCUT2D eigenvalue weighted by molar-refractivity contribution is 0.310. The lowest BCUT2D eigenvalue weighted by Gasteiger charge is -2.07. The van der Waals surface area contributed by atoms with Crippen LogP contribution in [-0.2, 0) is 13.1 Å². The monoisotopic (exact) mass is 408 g/mol. The van der Waals surface area contributed by atoms with E-state index in [1.165, 1.54) is 13.1 Å². The molecule has 1 aromatic heterocycles. The maximum absolute atomic E-state index is 13.7. The van der Waals surface area contributed by atoms with E-state index in [-0.39, 0.29) is 5.82 Å². The molecule has 0 unspecified atom stereocenters. The summed E-state index contributed by atoms with van der Waals surface area (Å²) in [6.45, 7) is 5.29. The molecule has 0 aliphatic rings. The predicted molar refractivity (Wildman–Crippen MR) is 121 cm³/mol. The smallest absolute Gasteiger partial charge is 0.151 e. The highest BCUT2D eigenvalue weighted by molar-refractivity contribution is 5.60. The van der Waals surface area contributed by atoms with E-state index in [4.69, 9.17) is 4.52 Å². The van der Waals surface area contributed by atoms with Crippen molar-refractivity contribution in [2.45, 2.75) is 13.1 Å². The maximum atomic E-state index is 13.7. The van der Waals surface area contributed by atoms with E-state index in [9.17, 15) is 4.39 Å². The number of halogens is 1. The summed E-state index contributed by atoms with van der Waals surface area (Å²) in [5.74, 6) is 0.579. The average Bonchev–Trinajstić information content (AvgIpc) is 3.21. The molecule has 0 saturated heterocycles. The number of nitrogens with one attached hydrogen (secondary N) is 1. The van der Waals surface area contributed by atoms with E-state index < -0.39 is 0 Å². The Labute approximate surface area is 177 Å². The number of hydrogen-bond acceptors (Lipinski definition) is 5. The Bertz CT molecular complexity index is 979. The molecule has 30 heavy (non-hydrogen) atoms. The van der Waals surface area contributed by atoms with E-state index >= 15 is 0 Å². The minimum Gasteiger partial charge on any atom is -0.381 e. The molecular weight excluding hydrogens is 379 g/mol. The van der Waals surface area contributed by atoms with Gasteiger partial charge < -0.3 is 20.5 Å². The van der Waals surface area contributed by atoms with Gasteiger partial charge in [0.15, 0.2) is 5.76 Å². The second-order valence-electron chi connectivity index (χ2n) is 6.85. The van der Waals surface area contributed by atoms with Gasteiger partial charge in [0.2, 0.25) is 0 Å². The molecule has 158 valence electrons. The summed E-state index contributed by atoms with van der Waals surface area (Å²) in [4.78, 5) is 2.03. The molecule has 0 atom stereocenters. The van der Waals surface area contributed by atoms with Crippen LogP contribution in [0.3, 0.4) is 0 Å². The summed E-state index contributed by atoms with van der Waals surface area (Å²) in [6, 6.07) is 16.7. The molecule has 0 spiro atoms. The predicted octanol–water partition coefficient (Wildman–Crippen LogP) is 4.43. The SMILES string of the molecule is C=C(/C=C/c1ccccc1F)NCc1cccc(-c2cc(CN(C)C)on2)c1.CN. The number of hydrogen-bond donors (Lipinski definition) is 2. The first-order valence-electron chi connectivity index (χ1n) is 9.64. The topological polar surface area (TPSA) is 67.3 Å². The zero-order chi connectivity index (χ0) is 21.9. The third kappa shape index (κ3) is 6.99. The van der Waals surface area contributed by atoms with Crippen molar-refractivity contribution in [3.05, 3.63) is 95.7 Å². The van der Waals surface area contributed by atoms with Crippen LogP contribution in [0, 0.1) is 5.82 Å². The summed E-state index contributed by atoms with van der Waals surface area (Å²) in [5, 5.41) is 7.41. The molecule has 0 amide bonds. The summed E-state index contributed by atoms with van der Waals surface area (Å²) in [7, 11) is 5.48. The van der Waals surface area contributed by atoms with E-state index in [0.717, 1.165) is 22.6 Å². The van der Waals surface area contributed by atoms with Crippen molar-refractivity contribution in [1.29, 1.82) is 0 Å². The summed E-state index contributed by atoms with van der Waals surface area (Å²) >= 11 is 0. The van der Waals surface area contributed by atoms with Crippen LogP contribution in [0.25, 0.3) is 17.3 Å². The molecule has 5 nitrogen and oxygen atoms in total. The van der Waals surface area contributed by atoms with Crippen molar-refractivity contribution in [1.82, 2.24) is 15.4 Å². The van der Waals surface area contributed by atoms with Crippen LogP contribution in [0.1, 0.15) is 16.9 Å². The van der Waals surface area contributed by atoms with Gasteiger partial charge in [0.05, 0.1) is 6.54 Å². The van der Waals surface area contributed by atoms with E-state index in [2.05, 4.69) is 28.9 Å². The van der Waals surface area contributed by atoms with E-state index in [0.29, 0.717) is 24.4 Å². The molecule has 0 bridgehead atoms. The zero-order valence-electron chi connectivity index (χ0n) is 17.7. The Balaban J connectivity index is 0.00000155. The van der Waals surface area contributed by atoms with Crippen molar-refractivity contribution >= 4 is 6.08 Å². The van der Waals surface area contributed by atoms with Gasteiger partial charge >= 0.3 is 0 Å². The molecule has 3 N–H and O–H groups in total. The van der Waals surface area contributed by atoms with Crippen LogP contribution in [0.2, 0.25) is 0 Å². The van der Waals surface area contributed by atoms with Crippen molar-refractivity contribution in [2.24, 2.45) is 5.73 Å². The van der Waals surface area contributed by atoms with Gasteiger partial charge in [-0.25, -0.2) is 4.39 Å². The van der Waals surface area contributed by atoms with E-state index in [1.54, 1.807) is 30.4 Å². The lowest BCUT2D eigenvalue weighted by Crippen LogP contribution is -2.10. The van der Waals surface area contributed by atoms with Gasteiger partial charge in [-0.15, -0.1) is 0 Å². The Morgan fingerprint density at radius 2 is 1.93 bits per heavy atom. The second kappa shape index (κ2) is 11.7. The molecule has 3 aromatic rings. The number of aromatic nitrogens is 1. The molecular formula is C24H29FN4O. The van der Waals surface area contributed by atoms with Crippen LogP contribution >= 0.6 is 0 Å². The Kier molecular flexibility index (Phi) is 9.00. The van der Waals surface area contributed by atoms with Crippen LogP contribution in [0.15, 0.2) is 77.5 Å². The fourth-order valence-corrected chi connectivity index (χ4v) is 2.75. The molecule has 1 heterocycles. The Hall–Kier alpha value is -3.22. The number of nitrogens with two attached hydrogens (primary N) is 1. The van der Waals surface area contributed by atoms with E-state index in [1.807, 2.05) is 43.3 Å². The number of benzene rings is 2. The molecule has 0 radical (unpaired) electrons. The molecule has 0 aliphatic heterocycles. The first-order chi connectivity index (χ1) is 14.5. The normalized spacial score (nSPS) is 10.7. The van der Waals surface area contributed by atoms with Crippen LogP contribution in [0.4, 0.5) is 4.39 Å². The zero-order valence-corrected chi connectivity index (χ0v) is 17.7. The standard InChI is InChI=1S/C23H24FN3O.CH5N/c1-17(11-12-19-8-4-5-10-22(19)24)25-15-18-7-6-9-20(13-18)23-14-21(28-26-23)16-27(2)3;1-2/h4-14,25H,1,15-16H2,2-3H3;2H2,1H3/b12-11+;. The minimum absolute atomic E-state index is 0.250. The quantitative estimate of drug-likeness (QED) is 0.540. The van der Waals surface area contributed by atoms with Gasteiger partial charge in [-0.2, -0.15) is 0 Å². The van der Waals surface area contributed by atoms with Gasteiger partial charge in [-0.1, -0.05) is 54.2 Å². The second-order valence-corrected chi connectivity index (χ2v) is 6.85. The summed E-state index contributed by atoms with van der Waals surface area (Å²) in [6.07, 6.45) is 3.48. The molecule has 0 fully saturated rings. The molecule has 0 saturated carbocycles. The average molecular weight is 409 g/mol. The van der Waals surface area contributed by atoms with Crippen molar-refractivity contribution < 1.29 is 8.91 Å². The van der Waals surface area contributed by atoms with Gasteiger partial charge in [-0.3, -0.25) is 0 Å². The third-order valence-corrected chi connectivity index (χ3v) is 4.14. The Morgan fingerprint density at radius 3 is 2.67 bits per heavy atom. The first kappa shape index (κ1) is 23.1. The highest BCUT2D eigenvalue weighted by Gasteiger charge is 2.08. The van der Waals surface area contributed by atoms with Crippen LogP contribution in [-0.4, -0.2) is 31.2 Å². The van der Waals surface area contributed by atoms with Gasteiger partial charge in [-0.05, 0) is 44.9 Å². The van der Waals surface area contributed by atoms with Crippen LogP contribution in [0.5, 0.6) is 0 Å². The highest BCUT2D eigenvalue weighted by Crippen LogP contribution is 2.21. The largest absolute Gasteiger partial charge is 0.381 e. The number of nitrogens with zero attached hydrogens (tertiary/aromatic N) is 2. The van der Waals surface area contributed by atoms with Gasteiger partial charge in [0.1, 0.15) is 11.5 Å². The highest BCUT2D eigenvalue weighted by atomic mass is 19.1. The van der Waals surface area contributed by atoms with Crippen molar-refractivity contribution in [2.75, 3.05) is 21.1 Å². The number of rotatable bonds is 8. The Morgan fingerprint density at radius 1 is 1.17 bits per heavy atom. The van der Waals surface area contributed by atoms with Crippen molar-refractivity contribution in [3.8, 4) is 11.3 Å². The molecule has 3 rings (SSSR count).